The van der Waals surface area contributed by atoms with Gasteiger partial charge in [0.15, 0.2) is 5.11 Å². The van der Waals surface area contributed by atoms with Crippen LogP contribution in [0.4, 0.5) is 5.69 Å². The van der Waals surface area contributed by atoms with Crippen LogP contribution in [0.2, 0.25) is 0 Å². The molecule has 0 bridgehead atoms. The molecule has 0 fully saturated rings. The third-order valence-corrected chi connectivity index (χ3v) is 2.41. The highest BCUT2D eigenvalue weighted by Gasteiger charge is 2.02. The Morgan fingerprint density at radius 3 is 2.76 bits per heavy atom. The van der Waals surface area contributed by atoms with Crippen molar-refractivity contribution >= 4 is 28.7 Å². The molecular weight excluding hydrogens is 234 g/mol. The van der Waals surface area contributed by atoms with Crippen LogP contribution in [0.1, 0.15) is 20.3 Å². The average molecular weight is 251 g/mol. The molecule has 0 saturated carbocycles. The molecule has 0 aliphatic rings. The summed E-state index contributed by atoms with van der Waals surface area (Å²) in [6.45, 7) is 3.98. The summed E-state index contributed by atoms with van der Waals surface area (Å²) in [5.41, 5.74) is 4.60. The Kier molecular flexibility index (Phi) is 5.42. The number of para-hydroxylation sites is 2. The minimum atomic E-state index is 0.447. The third-order valence-electron chi connectivity index (χ3n) is 2.22. The fourth-order valence-electron chi connectivity index (χ4n) is 1.12. The normalized spacial score (nSPS) is 10.9. The van der Waals surface area contributed by atoms with Crippen molar-refractivity contribution in [1.29, 1.82) is 0 Å². The van der Waals surface area contributed by atoms with Crippen LogP contribution in [0.25, 0.3) is 0 Å². The van der Waals surface area contributed by atoms with Gasteiger partial charge < -0.3 is 10.1 Å². The van der Waals surface area contributed by atoms with Crippen molar-refractivity contribution in [2.45, 2.75) is 20.3 Å². The van der Waals surface area contributed by atoms with Gasteiger partial charge in [0.25, 0.3) is 0 Å². The summed E-state index contributed by atoms with van der Waals surface area (Å²) < 4.78 is 5.21. The highest BCUT2D eigenvalue weighted by molar-refractivity contribution is 7.80. The van der Waals surface area contributed by atoms with Gasteiger partial charge in [-0.25, -0.2) is 0 Å². The van der Waals surface area contributed by atoms with Crippen LogP contribution in [0.3, 0.4) is 0 Å². The van der Waals surface area contributed by atoms with Gasteiger partial charge in [-0.15, -0.1) is 0 Å². The lowest BCUT2D eigenvalue weighted by atomic mass is 10.3. The molecule has 0 saturated heterocycles. The Bertz CT molecular complexity index is 418. The number of anilines is 1. The molecule has 0 amide bonds. The van der Waals surface area contributed by atoms with E-state index in [0.29, 0.717) is 5.11 Å². The summed E-state index contributed by atoms with van der Waals surface area (Å²) >= 11 is 5.13. The maximum atomic E-state index is 5.21. The Labute approximate surface area is 107 Å². The molecular formula is C12H17N3OS. The Balaban J connectivity index is 2.62. The number of rotatable bonds is 4. The summed E-state index contributed by atoms with van der Waals surface area (Å²) in [5.74, 6) is 0.743. The summed E-state index contributed by atoms with van der Waals surface area (Å²) in [6.07, 6.45) is 0.893. The molecule has 0 unspecified atom stereocenters. The molecule has 0 aliphatic carbocycles. The van der Waals surface area contributed by atoms with Gasteiger partial charge in [-0.05, 0) is 37.7 Å². The summed E-state index contributed by atoms with van der Waals surface area (Å²) in [6, 6.07) is 7.57. The molecule has 4 nitrogen and oxygen atoms in total. The molecule has 0 heterocycles. The zero-order valence-corrected chi connectivity index (χ0v) is 11.1. The van der Waals surface area contributed by atoms with E-state index in [1.165, 1.54) is 0 Å². The lowest BCUT2D eigenvalue weighted by molar-refractivity contribution is 0.417. The second kappa shape index (κ2) is 6.85. The van der Waals surface area contributed by atoms with Gasteiger partial charge >= 0.3 is 0 Å². The number of hydrogen-bond donors (Lipinski definition) is 2. The van der Waals surface area contributed by atoms with Gasteiger partial charge in [0, 0.05) is 5.71 Å². The van der Waals surface area contributed by atoms with Crippen molar-refractivity contribution in [3.8, 4) is 5.75 Å². The smallest absolute Gasteiger partial charge is 0.191 e. The number of hydrogen-bond acceptors (Lipinski definition) is 3. The van der Waals surface area contributed by atoms with E-state index in [1.807, 2.05) is 38.1 Å². The largest absolute Gasteiger partial charge is 0.495 e. The fourth-order valence-corrected chi connectivity index (χ4v) is 1.28. The molecule has 2 N–H and O–H groups in total. The number of thiocarbonyl (C=S) groups is 1. The topological polar surface area (TPSA) is 45.7 Å². The maximum absolute atomic E-state index is 5.21. The molecule has 92 valence electrons. The van der Waals surface area contributed by atoms with Crippen LogP contribution in [-0.2, 0) is 0 Å². The van der Waals surface area contributed by atoms with Crippen molar-refractivity contribution in [1.82, 2.24) is 5.43 Å². The predicted octanol–water partition coefficient (Wildman–Crippen LogP) is 2.77. The van der Waals surface area contributed by atoms with Crippen molar-refractivity contribution in [2.75, 3.05) is 12.4 Å². The Hall–Kier alpha value is -1.62. The quantitative estimate of drug-likeness (QED) is 0.491. The van der Waals surface area contributed by atoms with Crippen molar-refractivity contribution in [3.63, 3.8) is 0 Å². The number of methoxy groups -OCH3 is 1. The first-order valence-electron chi connectivity index (χ1n) is 5.40. The van der Waals surface area contributed by atoms with E-state index in [9.17, 15) is 0 Å². The van der Waals surface area contributed by atoms with Gasteiger partial charge in [0.1, 0.15) is 5.75 Å². The number of ether oxygens (including phenoxy) is 1. The first-order valence-corrected chi connectivity index (χ1v) is 5.81. The predicted molar refractivity (Wildman–Crippen MR) is 75.8 cm³/mol. The van der Waals surface area contributed by atoms with E-state index in [1.54, 1.807) is 7.11 Å². The van der Waals surface area contributed by atoms with Crippen LogP contribution >= 0.6 is 12.2 Å². The van der Waals surface area contributed by atoms with Crippen molar-refractivity contribution in [2.24, 2.45) is 5.10 Å². The molecule has 0 spiro atoms. The van der Waals surface area contributed by atoms with E-state index in [2.05, 4.69) is 15.8 Å². The lowest BCUT2D eigenvalue weighted by Gasteiger charge is -2.11. The van der Waals surface area contributed by atoms with Crippen molar-refractivity contribution in [3.05, 3.63) is 24.3 Å². The van der Waals surface area contributed by atoms with Crippen LogP contribution < -0.4 is 15.5 Å². The Morgan fingerprint density at radius 2 is 2.12 bits per heavy atom. The van der Waals surface area contributed by atoms with Gasteiger partial charge in [0.2, 0.25) is 0 Å². The fraction of sp³-hybridized carbons (Fsp3) is 0.333. The molecule has 1 aromatic rings. The first kappa shape index (κ1) is 13.4. The van der Waals surface area contributed by atoms with Crippen LogP contribution in [-0.4, -0.2) is 17.9 Å². The van der Waals surface area contributed by atoms with E-state index in [-0.39, 0.29) is 0 Å². The van der Waals surface area contributed by atoms with Crippen LogP contribution in [0, 0.1) is 0 Å². The molecule has 0 aliphatic heterocycles. The summed E-state index contributed by atoms with van der Waals surface area (Å²) in [7, 11) is 1.62. The summed E-state index contributed by atoms with van der Waals surface area (Å²) in [4.78, 5) is 0. The van der Waals surface area contributed by atoms with Crippen molar-refractivity contribution < 1.29 is 4.74 Å². The minimum Gasteiger partial charge on any atom is -0.495 e. The number of nitrogens with zero attached hydrogens (tertiary/aromatic N) is 1. The van der Waals surface area contributed by atoms with Gasteiger partial charge in [-0.2, -0.15) is 5.10 Å². The number of benzene rings is 1. The number of nitrogens with one attached hydrogen (secondary N) is 2. The molecule has 0 aromatic heterocycles. The molecule has 0 radical (unpaired) electrons. The minimum absolute atomic E-state index is 0.447. The second-order valence-corrected chi connectivity index (χ2v) is 3.88. The molecule has 17 heavy (non-hydrogen) atoms. The van der Waals surface area contributed by atoms with E-state index in [0.717, 1.165) is 23.6 Å². The highest BCUT2D eigenvalue weighted by atomic mass is 32.1. The first-order chi connectivity index (χ1) is 8.17. The second-order valence-electron chi connectivity index (χ2n) is 3.47. The Morgan fingerprint density at radius 1 is 1.41 bits per heavy atom. The van der Waals surface area contributed by atoms with Crippen LogP contribution in [0.5, 0.6) is 5.75 Å². The molecule has 1 rings (SSSR count). The zero-order chi connectivity index (χ0) is 12.7. The molecule has 0 atom stereocenters. The summed E-state index contributed by atoms with van der Waals surface area (Å²) in [5, 5.41) is 7.59. The SMILES string of the molecule is CC/C(C)=N\NC(=S)Nc1ccccc1OC. The molecule has 5 heteroatoms. The van der Waals surface area contributed by atoms with E-state index < -0.39 is 0 Å². The average Bonchev–Trinajstić information content (AvgIpc) is 2.36. The number of hydrazone groups is 1. The standard InChI is InChI=1S/C12H17N3OS/c1-4-9(2)14-15-12(17)13-10-7-5-6-8-11(10)16-3/h5-8H,4H2,1-3H3,(H2,13,15,17)/b14-9-. The van der Waals surface area contributed by atoms with Gasteiger partial charge in [-0.3, -0.25) is 5.43 Å². The van der Waals surface area contributed by atoms with Crippen LogP contribution in [0.15, 0.2) is 29.4 Å². The van der Waals surface area contributed by atoms with E-state index >= 15 is 0 Å². The third kappa shape index (κ3) is 4.40. The maximum Gasteiger partial charge on any atom is 0.191 e. The monoisotopic (exact) mass is 251 g/mol. The van der Waals surface area contributed by atoms with Gasteiger partial charge in [0.05, 0.1) is 12.8 Å². The zero-order valence-electron chi connectivity index (χ0n) is 10.3. The highest BCUT2D eigenvalue weighted by Crippen LogP contribution is 2.22. The van der Waals surface area contributed by atoms with Gasteiger partial charge in [-0.1, -0.05) is 19.1 Å². The lowest BCUT2D eigenvalue weighted by Crippen LogP contribution is -2.24. The van der Waals surface area contributed by atoms with E-state index in [4.69, 9.17) is 17.0 Å². The molecule has 1 aromatic carbocycles.